The van der Waals surface area contributed by atoms with Crippen molar-refractivity contribution < 1.29 is 0 Å². The van der Waals surface area contributed by atoms with Gasteiger partial charge in [0.15, 0.2) is 0 Å². The molecule has 0 aromatic heterocycles. The van der Waals surface area contributed by atoms with Crippen LogP contribution in [0.1, 0.15) is 11.1 Å². The zero-order valence-electron chi connectivity index (χ0n) is 14.3. The summed E-state index contributed by atoms with van der Waals surface area (Å²) >= 11 is 0. The molecule has 1 aliphatic heterocycles. The van der Waals surface area contributed by atoms with Gasteiger partial charge in [-0.25, -0.2) is 0 Å². The second kappa shape index (κ2) is 7.43. The molecule has 1 aliphatic rings. The Balaban J connectivity index is 1.44. The van der Waals surface area contributed by atoms with Gasteiger partial charge in [-0.15, -0.1) is 0 Å². The lowest BCUT2D eigenvalue weighted by Gasteiger charge is -2.19. The highest BCUT2D eigenvalue weighted by molar-refractivity contribution is 5.78. The lowest BCUT2D eigenvalue weighted by atomic mass is 10.1. The first-order chi connectivity index (χ1) is 12.4. The van der Waals surface area contributed by atoms with Crippen molar-refractivity contribution in [1.82, 2.24) is 0 Å². The van der Waals surface area contributed by atoms with E-state index in [2.05, 4.69) is 101 Å². The van der Waals surface area contributed by atoms with E-state index in [1.54, 1.807) is 0 Å². The molecule has 3 aromatic carbocycles. The van der Waals surface area contributed by atoms with E-state index < -0.39 is 0 Å². The van der Waals surface area contributed by atoms with Crippen LogP contribution >= 0.6 is 0 Å². The standard InChI is InChI=1S/C23H22N2/c1-3-9-20(10-4-1)15-17-24-19-25(23-14-8-7-13-22(23)24)18-16-21-11-5-2-6-12-21/h1-14H,15-18H2. The minimum atomic E-state index is 0.947. The third-order valence-electron chi connectivity index (χ3n) is 4.64. The highest BCUT2D eigenvalue weighted by Gasteiger charge is 2.26. The van der Waals surface area contributed by atoms with Crippen molar-refractivity contribution >= 4 is 11.4 Å². The van der Waals surface area contributed by atoms with Crippen molar-refractivity contribution in [3.8, 4) is 0 Å². The SMILES string of the molecule is [C]1N(CCc2ccccc2)c2ccccc2N1CCc1ccccc1. The molecular weight excluding hydrogens is 304 g/mol. The van der Waals surface area contributed by atoms with Crippen molar-refractivity contribution in [2.45, 2.75) is 12.8 Å². The van der Waals surface area contributed by atoms with Crippen molar-refractivity contribution in [2.75, 3.05) is 22.9 Å². The van der Waals surface area contributed by atoms with E-state index in [1.807, 2.05) is 0 Å². The van der Waals surface area contributed by atoms with Gasteiger partial charge in [0.2, 0.25) is 6.67 Å². The molecule has 0 unspecified atom stereocenters. The van der Waals surface area contributed by atoms with Crippen LogP contribution in [0.4, 0.5) is 11.4 Å². The molecule has 0 atom stereocenters. The summed E-state index contributed by atoms with van der Waals surface area (Å²) in [6, 6.07) is 29.9. The van der Waals surface area contributed by atoms with Crippen molar-refractivity contribution in [2.24, 2.45) is 0 Å². The third-order valence-corrected chi connectivity index (χ3v) is 4.64. The molecule has 0 bridgehead atoms. The molecule has 124 valence electrons. The van der Waals surface area contributed by atoms with E-state index >= 15 is 0 Å². The average Bonchev–Trinajstić information content (AvgIpc) is 3.04. The monoisotopic (exact) mass is 326 g/mol. The number of rotatable bonds is 6. The van der Waals surface area contributed by atoms with E-state index in [9.17, 15) is 0 Å². The Kier molecular flexibility index (Phi) is 4.69. The van der Waals surface area contributed by atoms with E-state index in [-0.39, 0.29) is 0 Å². The van der Waals surface area contributed by atoms with Gasteiger partial charge in [0.1, 0.15) is 0 Å². The molecule has 0 saturated carbocycles. The van der Waals surface area contributed by atoms with Crippen LogP contribution in [0, 0.1) is 6.67 Å². The number of anilines is 2. The van der Waals surface area contributed by atoms with Gasteiger partial charge in [0.05, 0.1) is 11.4 Å². The van der Waals surface area contributed by atoms with Crippen LogP contribution in [0.5, 0.6) is 0 Å². The maximum atomic E-state index is 3.56. The fourth-order valence-electron chi connectivity index (χ4n) is 3.29. The van der Waals surface area contributed by atoms with Crippen molar-refractivity contribution in [3.05, 3.63) is 103 Å². The number of para-hydroxylation sites is 2. The van der Waals surface area contributed by atoms with Gasteiger partial charge in [-0.3, -0.25) is 0 Å². The molecule has 3 aromatic rings. The molecule has 2 nitrogen and oxygen atoms in total. The van der Waals surface area contributed by atoms with Gasteiger partial charge in [-0.2, -0.15) is 0 Å². The van der Waals surface area contributed by atoms with Gasteiger partial charge in [0, 0.05) is 13.1 Å². The number of hydrogen-bond donors (Lipinski definition) is 0. The minimum absolute atomic E-state index is 0.947. The van der Waals surface area contributed by atoms with Crippen LogP contribution in [-0.2, 0) is 12.8 Å². The summed E-state index contributed by atoms with van der Waals surface area (Å²) in [5, 5.41) is 0. The number of nitrogens with zero attached hydrogens (tertiary/aromatic N) is 2. The van der Waals surface area contributed by atoms with Crippen LogP contribution in [0.3, 0.4) is 0 Å². The summed E-state index contributed by atoms with van der Waals surface area (Å²) in [5.41, 5.74) is 5.24. The molecule has 0 aliphatic carbocycles. The Morgan fingerprint density at radius 1 is 0.520 bits per heavy atom. The quantitative estimate of drug-likeness (QED) is 0.642. The highest BCUT2D eigenvalue weighted by Crippen LogP contribution is 2.37. The third kappa shape index (κ3) is 3.69. The van der Waals surface area contributed by atoms with Crippen LogP contribution in [-0.4, -0.2) is 13.1 Å². The summed E-state index contributed by atoms with van der Waals surface area (Å²) in [7, 11) is 0. The Bertz CT molecular complexity index is 730. The Labute approximate surface area is 150 Å². The first-order valence-corrected chi connectivity index (χ1v) is 8.88. The fraction of sp³-hybridized carbons (Fsp3) is 0.174. The summed E-state index contributed by atoms with van der Waals surface area (Å²) in [5.74, 6) is 0. The molecule has 0 N–H and O–H groups in total. The number of benzene rings is 3. The highest BCUT2D eigenvalue weighted by atomic mass is 15.4. The lowest BCUT2D eigenvalue weighted by molar-refractivity contribution is 0.819. The predicted octanol–water partition coefficient (Wildman–Crippen LogP) is 4.79. The Morgan fingerprint density at radius 3 is 1.36 bits per heavy atom. The van der Waals surface area contributed by atoms with Crippen LogP contribution in [0.2, 0.25) is 0 Å². The average molecular weight is 326 g/mol. The van der Waals surface area contributed by atoms with Crippen LogP contribution in [0.25, 0.3) is 0 Å². The molecule has 2 radical (unpaired) electrons. The van der Waals surface area contributed by atoms with E-state index in [4.69, 9.17) is 0 Å². The van der Waals surface area contributed by atoms with Crippen molar-refractivity contribution in [3.63, 3.8) is 0 Å². The number of hydrogen-bond acceptors (Lipinski definition) is 2. The second-order valence-corrected chi connectivity index (χ2v) is 6.36. The van der Waals surface area contributed by atoms with Crippen LogP contribution in [0.15, 0.2) is 84.9 Å². The van der Waals surface area contributed by atoms with E-state index in [1.165, 1.54) is 22.5 Å². The first-order valence-electron chi connectivity index (χ1n) is 8.88. The molecule has 2 heteroatoms. The van der Waals surface area contributed by atoms with Gasteiger partial charge >= 0.3 is 0 Å². The summed E-state index contributed by atoms with van der Waals surface area (Å²) < 4.78 is 0. The lowest BCUT2D eigenvalue weighted by Crippen LogP contribution is -2.28. The maximum Gasteiger partial charge on any atom is 0.208 e. The predicted molar refractivity (Wildman–Crippen MR) is 105 cm³/mol. The second-order valence-electron chi connectivity index (χ2n) is 6.36. The molecule has 0 spiro atoms. The van der Waals surface area contributed by atoms with Crippen molar-refractivity contribution in [1.29, 1.82) is 0 Å². The Morgan fingerprint density at radius 2 is 0.920 bits per heavy atom. The summed E-state index contributed by atoms with van der Waals surface area (Å²) in [6.45, 7) is 5.46. The molecule has 0 amide bonds. The largest absolute Gasteiger partial charge is 0.339 e. The zero-order chi connectivity index (χ0) is 16.9. The van der Waals surface area contributed by atoms with Gasteiger partial charge < -0.3 is 9.80 Å². The molecule has 0 fully saturated rings. The number of fused-ring (bicyclic) bond motifs is 1. The fourth-order valence-corrected chi connectivity index (χ4v) is 3.29. The van der Waals surface area contributed by atoms with E-state index in [0.717, 1.165) is 25.9 Å². The van der Waals surface area contributed by atoms with Gasteiger partial charge in [-0.1, -0.05) is 72.8 Å². The molecule has 25 heavy (non-hydrogen) atoms. The maximum absolute atomic E-state index is 3.56. The molecule has 1 heterocycles. The zero-order valence-corrected chi connectivity index (χ0v) is 14.3. The van der Waals surface area contributed by atoms with Gasteiger partial charge in [-0.05, 0) is 36.1 Å². The molecule has 0 saturated heterocycles. The normalized spacial score (nSPS) is 13.1. The Hall–Kier alpha value is -2.74. The smallest absolute Gasteiger partial charge is 0.208 e. The summed E-state index contributed by atoms with van der Waals surface area (Å²) in [4.78, 5) is 4.51. The van der Waals surface area contributed by atoms with Crippen LogP contribution < -0.4 is 9.80 Å². The topological polar surface area (TPSA) is 6.48 Å². The molecule has 4 rings (SSSR count). The molecular formula is C23H22N2. The first kappa shape index (κ1) is 15.8. The summed E-state index contributed by atoms with van der Waals surface area (Å²) in [6.07, 6.45) is 2.05. The minimum Gasteiger partial charge on any atom is -0.339 e. The van der Waals surface area contributed by atoms with E-state index in [0.29, 0.717) is 0 Å². The van der Waals surface area contributed by atoms with Gasteiger partial charge in [0.25, 0.3) is 0 Å².